The first-order chi connectivity index (χ1) is 14.0. The molecule has 1 nitrogen and oxygen atoms in total. The van der Waals surface area contributed by atoms with Crippen LogP contribution in [0.5, 0.6) is 0 Å². The van der Waals surface area contributed by atoms with E-state index in [9.17, 15) is 0 Å². The number of benzene rings is 4. The Bertz CT molecular complexity index is 1430. The topological polar surface area (TPSA) is 13.1 Å². The fraction of sp³-hybridized carbons (Fsp3) is 0.143. The number of hydrogen-bond donors (Lipinski definition) is 0. The summed E-state index contributed by atoms with van der Waals surface area (Å²) in [6, 6.07) is 28.6. The van der Waals surface area contributed by atoms with Gasteiger partial charge in [0, 0.05) is 16.2 Å². The van der Waals surface area contributed by atoms with Crippen molar-refractivity contribution in [2.75, 3.05) is 0 Å². The summed E-state index contributed by atoms with van der Waals surface area (Å²) in [4.78, 5) is 0. The molecule has 1 heterocycles. The zero-order valence-corrected chi connectivity index (χ0v) is 16.9. The molecule has 0 atom stereocenters. The van der Waals surface area contributed by atoms with Crippen molar-refractivity contribution in [2.45, 2.75) is 26.2 Å². The van der Waals surface area contributed by atoms with Crippen molar-refractivity contribution >= 4 is 21.9 Å². The average molecular weight is 374 g/mol. The van der Waals surface area contributed by atoms with Gasteiger partial charge in [0.15, 0.2) is 0 Å². The zero-order chi connectivity index (χ0) is 19.8. The molecule has 1 heteroatoms. The Hall–Kier alpha value is -3.32. The highest BCUT2D eigenvalue weighted by Gasteiger charge is 2.35. The summed E-state index contributed by atoms with van der Waals surface area (Å²) in [5.74, 6) is 0. The highest BCUT2D eigenvalue weighted by molar-refractivity contribution is 6.05. The van der Waals surface area contributed by atoms with E-state index in [1.807, 2.05) is 12.1 Å². The summed E-state index contributed by atoms with van der Waals surface area (Å²) in [5, 5.41) is 2.35. The van der Waals surface area contributed by atoms with E-state index >= 15 is 0 Å². The van der Waals surface area contributed by atoms with E-state index in [1.54, 1.807) is 0 Å². The first-order valence-electron chi connectivity index (χ1n) is 10.2. The Morgan fingerprint density at radius 2 is 1.28 bits per heavy atom. The third-order valence-electron chi connectivity index (χ3n) is 6.54. The fourth-order valence-electron chi connectivity index (χ4n) is 4.94. The van der Waals surface area contributed by atoms with Gasteiger partial charge in [-0.1, -0.05) is 74.0 Å². The van der Waals surface area contributed by atoms with Gasteiger partial charge >= 0.3 is 0 Å². The molecule has 1 aromatic heterocycles. The van der Waals surface area contributed by atoms with Crippen LogP contribution in [0.15, 0.2) is 83.3 Å². The molecule has 140 valence electrons. The van der Waals surface area contributed by atoms with Crippen LogP contribution in [0.2, 0.25) is 0 Å². The third-order valence-corrected chi connectivity index (χ3v) is 6.54. The van der Waals surface area contributed by atoms with Gasteiger partial charge in [0.1, 0.15) is 11.2 Å². The Labute approximate surface area is 170 Å². The molecule has 0 spiro atoms. The standard InChI is InChI=1S/C28H22O/c1-17-8-11-20-21-12-9-18(15-25(21)28(2,3)24(20)14-17)19-10-13-23-22-6-4-5-7-26(22)29-27(23)16-19/h4-16H,1-3H3. The largest absolute Gasteiger partial charge is 0.456 e. The molecule has 0 amide bonds. The van der Waals surface area contributed by atoms with Gasteiger partial charge in [-0.15, -0.1) is 0 Å². The SMILES string of the molecule is Cc1ccc2c(c1)C(C)(C)c1cc(-c3ccc4c(c3)oc3ccccc34)ccc1-2. The van der Waals surface area contributed by atoms with E-state index in [4.69, 9.17) is 4.42 Å². The van der Waals surface area contributed by atoms with E-state index in [0.29, 0.717) is 0 Å². The maximum absolute atomic E-state index is 6.11. The molecule has 1 aliphatic carbocycles. The minimum atomic E-state index is 0.0101. The van der Waals surface area contributed by atoms with Crippen molar-refractivity contribution in [3.63, 3.8) is 0 Å². The number of fused-ring (bicyclic) bond motifs is 6. The summed E-state index contributed by atoms with van der Waals surface area (Å²) in [6.07, 6.45) is 0. The molecule has 0 bridgehead atoms. The quantitative estimate of drug-likeness (QED) is 0.291. The highest BCUT2D eigenvalue weighted by atomic mass is 16.3. The van der Waals surface area contributed by atoms with Gasteiger partial charge < -0.3 is 4.42 Å². The second-order valence-electron chi connectivity index (χ2n) is 8.74. The molecule has 0 N–H and O–H groups in total. The summed E-state index contributed by atoms with van der Waals surface area (Å²) in [6.45, 7) is 6.85. The summed E-state index contributed by atoms with van der Waals surface area (Å²) in [5.41, 5.74) is 11.2. The van der Waals surface area contributed by atoms with Crippen LogP contribution in [-0.2, 0) is 5.41 Å². The number of para-hydroxylation sites is 1. The smallest absolute Gasteiger partial charge is 0.136 e. The van der Waals surface area contributed by atoms with E-state index in [2.05, 4.69) is 87.5 Å². The van der Waals surface area contributed by atoms with Crippen LogP contribution in [0.3, 0.4) is 0 Å². The van der Waals surface area contributed by atoms with Crippen molar-refractivity contribution in [3.05, 3.63) is 95.6 Å². The molecule has 0 saturated carbocycles. The monoisotopic (exact) mass is 374 g/mol. The molecule has 6 rings (SSSR count). The summed E-state index contributed by atoms with van der Waals surface area (Å²) >= 11 is 0. The lowest BCUT2D eigenvalue weighted by Gasteiger charge is -2.22. The first kappa shape index (κ1) is 16.6. The second-order valence-corrected chi connectivity index (χ2v) is 8.74. The molecule has 1 aliphatic rings. The molecule has 0 aliphatic heterocycles. The molecule has 0 unspecified atom stereocenters. The summed E-state index contributed by atoms with van der Waals surface area (Å²) in [7, 11) is 0. The third kappa shape index (κ3) is 2.28. The van der Waals surface area contributed by atoms with Crippen LogP contribution < -0.4 is 0 Å². The number of aryl methyl sites for hydroxylation is 1. The Kier molecular flexibility index (Phi) is 3.21. The Morgan fingerprint density at radius 1 is 0.621 bits per heavy atom. The van der Waals surface area contributed by atoms with E-state index in [-0.39, 0.29) is 5.41 Å². The molecular weight excluding hydrogens is 352 g/mol. The Balaban J connectivity index is 1.52. The van der Waals surface area contributed by atoms with Gasteiger partial charge in [-0.05, 0) is 64.6 Å². The van der Waals surface area contributed by atoms with Crippen LogP contribution in [0.25, 0.3) is 44.2 Å². The van der Waals surface area contributed by atoms with Crippen LogP contribution in [-0.4, -0.2) is 0 Å². The van der Waals surface area contributed by atoms with Crippen LogP contribution in [0.1, 0.15) is 30.5 Å². The normalized spacial score (nSPS) is 14.3. The summed E-state index contributed by atoms with van der Waals surface area (Å²) < 4.78 is 6.11. The van der Waals surface area contributed by atoms with Crippen molar-refractivity contribution in [1.82, 2.24) is 0 Å². The van der Waals surface area contributed by atoms with Crippen molar-refractivity contribution in [3.8, 4) is 22.3 Å². The van der Waals surface area contributed by atoms with Gasteiger partial charge in [-0.3, -0.25) is 0 Å². The molecule has 0 fully saturated rings. The zero-order valence-electron chi connectivity index (χ0n) is 16.9. The molecular formula is C28H22O. The fourth-order valence-corrected chi connectivity index (χ4v) is 4.94. The van der Waals surface area contributed by atoms with Gasteiger partial charge in [0.25, 0.3) is 0 Å². The first-order valence-corrected chi connectivity index (χ1v) is 10.2. The van der Waals surface area contributed by atoms with Crippen molar-refractivity contribution in [2.24, 2.45) is 0 Å². The predicted octanol–water partition coefficient (Wildman–Crippen LogP) is 7.87. The highest BCUT2D eigenvalue weighted by Crippen LogP contribution is 2.50. The minimum absolute atomic E-state index is 0.0101. The molecule has 5 aromatic rings. The average Bonchev–Trinajstić information content (AvgIpc) is 3.20. The minimum Gasteiger partial charge on any atom is -0.456 e. The maximum atomic E-state index is 6.11. The maximum Gasteiger partial charge on any atom is 0.136 e. The predicted molar refractivity (Wildman–Crippen MR) is 121 cm³/mol. The number of rotatable bonds is 1. The molecule has 0 saturated heterocycles. The lowest BCUT2D eigenvalue weighted by molar-refractivity contribution is 0.660. The van der Waals surface area contributed by atoms with Gasteiger partial charge in [0.2, 0.25) is 0 Å². The molecule has 4 aromatic carbocycles. The second kappa shape index (κ2) is 5.61. The van der Waals surface area contributed by atoms with Crippen LogP contribution in [0, 0.1) is 6.92 Å². The van der Waals surface area contributed by atoms with E-state index in [1.165, 1.54) is 49.7 Å². The van der Waals surface area contributed by atoms with Crippen molar-refractivity contribution < 1.29 is 4.42 Å². The van der Waals surface area contributed by atoms with Crippen molar-refractivity contribution in [1.29, 1.82) is 0 Å². The molecule has 0 radical (unpaired) electrons. The number of furan rings is 1. The lowest BCUT2D eigenvalue weighted by atomic mass is 9.81. The Morgan fingerprint density at radius 3 is 2.14 bits per heavy atom. The number of hydrogen-bond acceptors (Lipinski definition) is 1. The van der Waals surface area contributed by atoms with Gasteiger partial charge in [0.05, 0.1) is 0 Å². The molecule has 29 heavy (non-hydrogen) atoms. The van der Waals surface area contributed by atoms with E-state index < -0.39 is 0 Å². The van der Waals surface area contributed by atoms with Crippen LogP contribution >= 0.6 is 0 Å². The van der Waals surface area contributed by atoms with Crippen LogP contribution in [0.4, 0.5) is 0 Å². The lowest BCUT2D eigenvalue weighted by Crippen LogP contribution is -2.15. The van der Waals surface area contributed by atoms with E-state index in [0.717, 1.165) is 11.2 Å². The van der Waals surface area contributed by atoms with Gasteiger partial charge in [-0.2, -0.15) is 0 Å². The van der Waals surface area contributed by atoms with Gasteiger partial charge in [-0.25, -0.2) is 0 Å².